The van der Waals surface area contributed by atoms with Gasteiger partial charge in [0, 0.05) is 17.6 Å². The fraction of sp³-hybridized carbons (Fsp3) is 0.286. The maximum absolute atomic E-state index is 12.6. The van der Waals surface area contributed by atoms with Crippen molar-refractivity contribution in [3.05, 3.63) is 42.1 Å². The summed E-state index contributed by atoms with van der Waals surface area (Å²) in [7, 11) is 0. The normalized spacial score (nSPS) is 11.8. The van der Waals surface area contributed by atoms with Gasteiger partial charge in [0.15, 0.2) is 18.1 Å². The molecule has 8 nitrogen and oxygen atoms in total. The molecular formula is C21H20N2O6. The number of carbonyl (C=O) groups excluding carboxylic acids is 1. The highest BCUT2D eigenvalue weighted by Crippen LogP contribution is 2.37. The summed E-state index contributed by atoms with van der Waals surface area (Å²) in [5, 5.41) is 18.5. The van der Waals surface area contributed by atoms with Crippen LogP contribution in [-0.2, 0) is 9.53 Å². The number of rotatable bonds is 8. The zero-order chi connectivity index (χ0) is 21.0. The number of carboxylic acid groups (broad SMARTS) is 1. The van der Waals surface area contributed by atoms with Gasteiger partial charge in [-0.25, -0.2) is 4.79 Å². The molecule has 0 fully saturated rings. The highest BCUT2D eigenvalue weighted by molar-refractivity contribution is 6.12. The van der Waals surface area contributed by atoms with Gasteiger partial charge in [-0.15, -0.1) is 0 Å². The topological polar surface area (TPSA) is 110 Å². The van der Waals surface area contributed by atoms with Crippen LogP contribution in [0.25, 0.3) is 16.4 Å². The van der Waals surface area contributed by atoms with E-state index in [1.54, 1.807) is 25.1 Å². The van der Waals surface area contributed by atoms with E-state index >= 15 is 0 Å². The zero-order valence-electron chi connectivity index (χ0n) is 16.0. The lowest BCUT2D eigenvalue weighted by molar-refractivity contribution is -0.142. The van der Waals surface area contributed by atoms with Crippen LogP contribution in [0.3, 0.4) is 0 Å². The van der Waals surface area contributed by atoms with Crippen molar-refractivity contribution in [1.82, 2.24) is 4.40 Å². The summed E-state index contributed by atoms with van der Waals surface area (Å²) in [6.45, 7) is 3.19. The number of hydrogen-bond acceptors (Lipinski definition) is 6. The third kappa shape index (κ3) is 3.94. The Labute approximate surface area is 166 Å². The smallest absolute Gasteiger partial charge is 0.340 e. The van der Waals surface area contributed by atoms with Crippen molar-refractivity contribution in [2.45, 2.75) is 13.8 Å². The first kappa shape index (κ1) is 20.0. The van der Waals surface area contributed by atoms with Crippen molar-refractivity contribution in [2.75, 3.05) is 19.8 Å². The average molecular weight is 396 g/mol. The summed E-state index contributed by atoms with van der Waals surface area (Å²) in [5.74, 6) is -1.67. The van der Waals surface area contributed by atoms with E-state index in [0.717, 1.165) is 0 Å². The second-order valence-corrected chi connectivity index (χ2v) is 6.36. The van der Waals surface area contributed by atoms with Crippen LogP contribution in [0.15, 0.2) is 36.5 Å². The zero-order valence-corrected chi connectivity index (χ0v) is 16.0. The summed E-state index contributed by atoms with van der Waals surface area (Å²) >= 11 is 0. The van der Waals surface area contributed by atoms with Crippen LogP contribution >= 0.6 is 0 Å². The van der Waals surface area contributed by atoms with Gasteiger partial charge in [0.05, 0.1) is 29.1 Å². The minimum Gasteiger partial charge on any atom is -0.489 e. The Morgan fingerprint density at radius 3 is 2.66 bits per heavy atom. The number of fused-ring (bicyclic) bond motifs is 3. The monoisotopic (exact) mass is 396 g/mol. The van der Waals surface area contributed by atoms with Crippen LogP contribution < -0.4 is 9.47 Å². The Morgan fingerprint density at radius 1 is 1.21 bits per heavy atom. The molecule has 1 N–H and O–H groups in total. The molecule has 2 heterocycles. The molecular weight excluding hydrogens is 376 g/mol. The van der Waals surface area contributed by atoms with Crippen molar-refractivity contribution >= 4 is 28.4 Å². The average Bonchev–Trinajstić information content (AvgIpc) is 3.03. The fourth-order valence-corrected chi connectivity index (χ4v) is 2.98. The Balaban J connectivity index is 2.19. The minimum atomic E-state index is -0.993. The number of carboxylic acids is 1. The van der Waals surface area contributed by atoms with E-state index in [-0.39, 0.29) is 31.3 Å². The highest BCUT2D eigenvalue weighted by atomic mass is 16.5. The van der Waals surface area contributed by atoms with E-state index in [0.29, 0.717) is 22.0 Å². The van der Waals surface area contributed by atoms with Gasteiger partial charge in [0.1, 0.15) is 12.7 Å². The minimum absolute atomic E-state index is 0.0914. The van der Waals surface area contributed by atoms with Gasteiger partial charge in [-0.3, -0.25) is 4.79 Å². The number of esters is 1. The Kier molecular flexibility index (Phi) is 5.88. The molecule has 0 radical (unpaired) electrons. The first-order valence-electron chi connectivity index (χ1n) is 9.07. The molecule has 2 aromatic heterocycles. The molecule has 0 saturated heterocycles. The number of aromatic nitrogens is 1. The molecule has 3 rings (SSSR count). The second-order valence-electron chi connectivity index (χ2n) is 6.36. The van der Waals surface area contributed by atoms with Gasteiger partial charge in [0.25, 0.3) is 0 Å². The van der Waals surface area contributed by atoms with E-state index in [1.807, 2.05) is 28.8 Å². The number of benzene rings is 1. The van der Waals surface area contributed by atoms with E-state index < -0.39 is 17.9 Å². The van der Waals surface area contributed by atoms with E-state index in [2.05, 4.69) is 0 Å². The van der Waals surface area contributed by atoms with Crippen LogP contribution in [0.5, 0.6) is 11.5 Å². The maximum Gasteiger partial charge on any atom is 0.340 e. The third-order valence-corrected chi connectivity index (χ3v) is 4.39. The van der Waals surface area contributed by atoms with Crippen molar-refractivity contribution in [1.29, 1.82) is 5.26 Å². The van der Waals surface area contributed by atoms with Crippen LogP contribution in [-0.4, -0.2) is 41.3 Å². The maximum atomic E-state index is 12.6. The van der Waals surface area contributed by atoms with Gasteiger partial charge >= 0.3 is 11.9 Å². The summed E-state index contributed by atoms with van der Waals surface area (Å²) in [6.07, 6.45) is 1.81. The number of hydrogen-bond donors (Lipinski definition) is 1. The predicted octanol–water partition coefficient (Wildman–Crippen LogP) is 3.27. The lowest BCUT2D eigenvalue weighted by atomic mass is 10.1. The number of nitriles is 1. The number of aliphatic carboxylic acids is 1. The molecule has 150 valence electrons. The van der Waals surface area contributed by atoms with Gasteiger partial charge in [0.2, 0.25) is 0 Å². The lowest BCUT2D eigenvalue weighted by Crippen LogP contribution is -2.18. The van der Waals surface area contributed by atoms with Crippen LogP contribution in [0.1, 0.15) is 24.2 Å². The number of pyridine rings is 1. The molecule has 8 heteroatoms. The summed E-state index contributed by atoms with van der Waals surface area (Å²) < 4.78 is 18.2. The Hall–Kier alpha value is -3.73. The number of nitrogens with zero attached hydrogens (tertiary/aromatic N) is 2. The van der Waals surface area contributed by atoms with Crippen LogP contribution in [0, 0.1) is 17.2 Å². The molecule has 0 aliphatic heterocycles. The quantitative estimate of drug-likeness (QED) is 0.582. The molecule has 0 bridgehead atoms. The van der Waals surface area contributed by atoms with E-state index in [4.69, 9.17) is 24.6 Å². The third-order valence-electron chi connectivity index (χ3n) is 4.39. The van der Waals surface area contributed by atoms with Crippen molar-refractivity contribution in [3.63, 3.8) is 0 Å². The fourth-order valence-electron chi connectivity index (χ4n) is 2.98. The molecule has 3 aromatic rings. The SMILES string of the molecule is CCOC(=O)c1c2cc(OCC(C)C(=O)O)c(OCC#N)cc2n2ccccc12. The second kappa shape index (κ2) is 8.52. The molecule has 1 unspecified atom stereocenters. The first-order valence-corrected chi connectivity index (χ1v) is 9.07. The van der Waals surface area contributed by atoms with Gasteiger partial charge < -0.3 is 23.7 Å². The molecule has 0 spiro atoms. The molecule has 1 aromatic carbocycles. The standard InChI is InChI=1S/C21H20N2O6/c1-3-27-21(26)19-14-10-17(29-12-13(2)20(24)25)18(28-9-7-22)11-16(14)23-8-5-4-6-15(19)23/h4-6,8,10-11,13H,3,9,12H2,1-2H3,(H,24,25). The van der Waals surface area contributed by atoms with Crippen molar-refractivity contribution < 1.29 is 28.9 Å². The summed E-state index contributed by atoms with van der Waals surface area (Å²) in [5.41, 5.74) is 1.71. The van der Waals surface area contributed by atoms with E-state index in [9.17, 15) is 9.59 Å². The predicted molar refractivity (Wildman–Crippen MR) is 104 cm³/mol. The summed E-state index contributed by atoms with van der Waals surface area (Å²) in [4.78, 5) is 23.7. The molecule has 0 aliphatic rings. The van der Waals surface area contributed by atoms with Crippen LogP contribution in [0.4, 0.5) is 0 Å². The first-order chi connectivity index (χ1) is 14.0. The molecule has 0 saturated carbocycles. The Bertz CT molecular complexity index is 1110. The molecule has 1 atom stereocenters. The largest absolute Gasteiger partial charge is 0.489 e. The van der Waals surface area contributed by atoms with Crippen molar-refractivity contribution in [3.8, 4) is 17.6 Å². The van der Waals surface area contributed by atoms with Crippen LogP contribution in [0.2, 0.25) is 0 Å². The number of carbonyl (C=O) groups is 2. The van der Waals surface area contributed by atoms with E-state index in [1.165, 1.54) is 6.92 Å². The van der Waals surface area contributed by atoms with Gasteiger partial charge in [-0.1, -0.05) is 6.07 Å². The molecule has 0 aliphatic carbocycles. The number of ether oxygens (including phenoxy) is 3. The van der Waals surface area contributed by atoms with Crippen molar-refractivity contribution in [2.24, 2.45) is 5.92 Å². The lowest BCUT2D eigenvalue weighted by Gasteiger charge is -2.14. The van der Waals surface area contributed by atoms with Gasteiger partial charge in [-0.2, -0.15) is 5.26 Å². The highest BCUT2D eigenvalue weighted by Gasteiger charge is 2.22. The van der Waals surface area contributed by atoms with Gasteiger partial charge in [-0.05, 0) is 32.0 Å². The summed E-state index contributed by atoms with van der Waals surface area (Å²) in [6, 6.07) is 10.6. The Morgan fingerprint density at radius 2 is 1.97 bits per heavy atom. The molecule has 29 heavy (non-hydrogen) atoms. The molecule has 0 amide bonds.